The van der Waals surface area contributed by atoms with Crippen molar-refractivity contribution in [2.75, 3.05) is 50.8 Å². The molecule has 0 spiro atoms. The Balaban J connectivity index is 1.43. The molecule has 2 aliphatic heterocycles. The Kier molecular flexibility index (Phi) is 4.82. The molecule has 0 atom stereocenters. The van der Waals surface area contributed by atoms with E-state index in [2.05, 4.69) is 19.8 Å². The molecule has 20 heavy (non-hydrogen) atoms. The summed E-state index contributed by atoms with van der Waals surface area (Å²) in [5.41, 5.74) is 1.25. The van der Waals surface area contributed by atoms with E-state index in [4.69, 9.17) is 4.74 Å². The van der Waals surface area contributed by atoms with Crippen LogP contribution < -0.4 is 4.90 Å². The predicted octanol–water partition coefficient (Wildman–Crippen LogP) is 1.34. The van der Waals surface area contributed by atoms with E-state index in [9.17, 15) is 0 Å². The molecule has 0 radical (unpaired) electrons. The lowest BCUT2D eigenvalue weighted by molar-refractivity contribution is 0.0374. The van der Waals surface area contributed by atoms with Crippen molar-refractivity contribution in [1.29, 1.82) is 0 Å². The van der Waals surface area contributed by atoms with Gasteiger partial charge in [0.15, 0.2) is 0 Å². The lowest BCUT2D eigenvalue weighted by atomic mass is 10.2. The number of morpholine rings is 1. The minimum absolute atomic E-state index is 0.883. The largest absolute Gasteiger partial charge is 0.379 e. The summed E-state index contributed by atoms with van der Waals surface area (Å²) < 4.78 is 5.36. The Hall–Kier alpha value is -1.20. The Morgan fingerprint density at radius 3 is 2.40 bits per heavy atom. The maximum Gasteiger partial charge on any atom is 0.225 e. The summed E-state index contributed by atoms with van der Waals surface area (Å²) in [6.07, 6.45) is 8.78. The van der Waals surface area contributed by atoms with Crippen molar-refractivity contribution in [3.8, 4) is 0 Å². The van der Waals surface area contributed by atoms with Gasteiger partial charge in [0.2, 0.25) is 5.95 Å². The maximum absolute atomic E-state index is 5.36. The van der Waals surface area contributed by atoms with Crippen LogP contribution >= 0.6 is 0 Å². The normalized spacial score (nSPS) is 20.5. The summed E-state index contributed by atoms with van der Waals surface area (Å²) >= 11 is 0. The van der Waals surface area contributed by atoms with Crippen LogP contribution in [0.25, 0.3) is 0 Å². The number of anilines is 1. The first-order chi connectivity index (χ1) is 9.92. The van der Waals surface area contributed by atoms with Crippen LogP contribution in [0, 0.1) is 0 Å². The van der Waals surface area contributed by atoms with Crippen molar-refractivity contribution in [2.45, 2.75) is 25.7 Å². The van der Waals surface area contributed by atoms with Crippen molar-refractivity contribution in [3.63, 3.8) is 0 Å². The van der Waals surface area contributed by atoms with Crippen molar-refractivity contribution >= 4 is 5.95 Å². The Bertz CT molecular complexity index is 397. The smallest absolute Gasteiger partial charge is 0.225 e. The number of ether oxygens (including phenoxy) is 1. The predicted molar refractivity (Wildman–Crippen MR) is 79.1 cm³/mol. The summed E-state index contributed by atoms with van der Waals surface area (Å²) in [7, 11) is 0. The molecule has 5 heteroatoms. The summed E-state index contributed by atoms with van der Waals surface area (Å²) in [6, 6.07) is 0. The van der Waals surface area contributed by atoms with Crippen molar-refractivity contribution in [3.05, 3.63) is 18.0 Å². The first kappa shape index (κ1) is 13.8. The average molecular weight is 276 g/mol. The van der Waals surface area contributed by atoms with E-state index in [1.807, 2.05) is 12.4 Å². The molecular weight excluding hydrogens is 252 g/mol. The van der Waals surface area contributed by atoms with E-state index in [0.717, 1.165) is 58.3 Å². The van der Waals surface area contributed by atoms with Gasteiger partial charge >= 0.3 is 0 Å². The van der Waals surface area contributed by atoms with Gasteiger partial charge in [-0.15, -0.1) is 0 Å². The second kappa shape index (κ2) is 6.99. The SMILES string of the molecule is c1nc(N2CCCC2)ncc1CCCN1CCOCC1. The van der Waals surface area contributed by atoms with Crippen molar-refractivity contribution < 1.29 is 4.74 Å². The monoisotopic (exact) mass is 276 g/mol. The summed E-state index contributed by atoms with van der Waals surface area (Å²) in [5.74, 6) is 0.902. The fraction of sp³-hybridized carbons (Fsp3) is 0.733. The van der Waals surface area contributed by atoms with E-state index in [1.54, 1.807) is 0 Å². The molecular formula is C15H24N4O. The van der Waals surface area contributed by atoms with Gasteiger partial charge in [-0.25, -0.2) is 9.97 Å². The number of hydrogen-bond donors (Lipinski definition) is 0. The molecule has 1 aromatic rings. The zero-order valence-corrected chi connectivity index (χ0v) is 12.1. The van der Waals surface area contributed by atoms with Gasteiger partial charge in [-0.2, -0.15) is 0 Å². The lowest BCUT2D eigenvalue weighted by Crippen LogP contribution is -2.36. The molecule has 3 heterocycles. The zero-order chi connectivity index (χ0) is 13.6. The second-order valence-corrected chi connectivity index (χ2v) is 5.64. The number of rotatable bonds is 5. The van der Waals surface area contributed by atoms with E-state index in [0.29, 0.717) is 0 Å². The van der Waals surface area contributed by atoms with Crippen LogP contribution in [0.1, 0.15) is 24.8 Å². The summed E-state index contributed by atoms with van der Waals surface area (Å²) in [4.78, 5) is 13.8. The van der Waals surface area contributed by atoms with E-state index < -0.39 is 0 Å². The van der Waals surface area contributed by atoms with Gasteiger partial charge in [0, 0.05) is 38.6 Å². The Labute approximate surface area is 121 Å². The molecule has 2 saturated heterocycles. The highest BCUT2D eigenvalue weighted by Gasteiger charge is 2.14. The van der Waals surface area contributed by atoms with E-state index in [-0.39, 0.29) is 0 Å². The third kappa shape index (κ3) is 3.67. The third-order valence-corrected chi connectivity index (χ3v) is 4.12. The van der Waals surface area contributed by atoms with Gasteiger partial charge in [-0.1, -0.05) is 0 Å². The summed E-state index contributed by atoms with van der Waals surface area (Å²) in [5, 5.41) is 0. The number of aryl methyl sites for hydroxylation is 1. The number of hydrogen-bond acceptors (Lipinski definition) is 5. The molecule has 2 aliphatic rings. The highest BCUT2D eigenvalue weighted by molar-refractivity contribution is 5.30. The van der Waals surface area contributed by atoms with Crippen LogP contribution in [-0.4, -0.2) is 60.8 Å². The van der Waals surface area contributed by atoms with Gasteiger partial charge in [-0.3, -0.25) is 4.90 Å². The van der Waals surface area contributed by atoms with Crippen LogP contribution in [0.5, 0.6) is 0 Å². The minimum Gasteiger partial charge on any atom is -0.379 e. The second-order valence-electron chi connectivity index (χ2n) is 5.64. The van der Waals surface area contributed by atoms with Crippen LogP contribution in [0.4, 0.5) is 5.95 Å². The zero-order valence-electron chi connectivity index (χ0n) is 12.1. The van der Waals surface area contributed by atoms with E-state index >= 15 is 0 Å². The van der Waals surface area contributed by atoms with Crippen LogP contribution in [0.2, 0.25) is 0 Å². The van der Waals surface area contributed by atoms with Crippen LogP contribution in [-0.2, 0) is 11.2 Å². The fourth-order valence-electron chi connectivity index (χ4n) is 2.89. The van der Waals surface area contributed by atoms with Gasteiger partial charge in [0.25, 0.3) is 0 Å². The highest BCUT2D eigenvalue weighted by atomic mass is 16.5. The molecule has 110 valence electrons. The third-order valence-electron chi connectivity index (χ3n) is 4.12. The topological polar surface area (TPSA) is 41.5 Å². The molecule has 0 aromatic carbocycles. The fourth-order valence-corrected chi connectivity index (χ4v) is 2.89. The van der Waals surface area contributed by atoms with Gasteiger partial charge in [0.05, 0.1) is 13.2 Å². The van der Waals surface area contributed by atoms with Gasteiger partial charge in [-0.05, 0) is 37.8 Å². The molecule has 0 N–H and O–H groups in total. The molecule has 0 aliphatic carbocycles. The van der Waals surface area contributed by atoms with Crippen molar-refractivity contribution in [1.82, 2.24) is 14.9 Å². The molecule has 5 nitrogen and oxygen atoms in total. The molecule has 3 rings (SSSR count). The maximum atomic E-state index is 5.36. The average Bonchev–Trinajstić information content (AvgIpc) is 3.03. The van der Waals surface area contributed by atoms with Gasteiger partial charge in [0.1, 0.15) is 0 Å². The first-order valence-electron chi connectivity index (χ1n) is 7.78. The molecule has 0 unspecified atom stereocenters. The molecule has 0 bridgehead atoms. The van der Waals surface area contributed by atoms with Crippen molar-refractivity contribution in [2.24, 2.45) is 0 Å². The Morgan fingerprint density at radius 2 is 1.70 bits per heavy atom. The lowest BCUT2D eigenvalue weighted by Gasteiger charge is -2.26. The molecule has 1 aromatic heterocycles. The number of nitrogens with zero attached hydrogens (tertiary/aromatic N) is 4. The Morgan fingerprint density at radius 1 is 1.00 bits per heavy atom. The minimum atomic E-state index is 0.883. The summed E-state index contributed by atoms with van der Waals surface area (Å²) in [6.45, 7) is 7.28. The van der Waals surface area contributed by atoms with Gasteiger partial charge < -0.3 is 9.64 Å². The van der Waals surface area contributed by atoms with Crippen LogP contribution in [0.15, 0.2) is 12.4 Å². The quantitative estimate of drug-likeness (QED) is 0.812. The van der Waals surface area contributed by atoms with E-state index in [1.165, 1.54) is 24.8 Å². The first-order valence-corrected chi connectivity index (χ1v) is 7.78. The molecule has 0 amide bonds. The highest BCUT2D eigenvalue weighted by Crippen LogP contribution is 2.15. The number of aromatic nitrogens is 2. The standard InChI is InChI=1S/C15H24N4O/c1-2-7-19(6-1)15-16-12-14(13-17-15)4-3-5-18-8-10-20-11-9-18/h12-13H,1-11H2. The van der Waals surface area contributed by atoms with Crippen LogP contribution in [0.3, 0.4) is 0 Å². The molecule has 0 saturated carbocycles. The molecule has 2 fully saturated rings.